The van der Waals surface area contributed by atoms with Crippen molar-refractivity contribution in [2.24, 2.45) is 17.8 Å². The zero-order valence-corrected chi connectivity index (χ0v) is 7.89. The first kappa shape index (κ1) is 6.90. The van der Waals surface area contributed by atoms with Crippen molar-refractivity contribution in [1.29, 1.82) is 0 Å². The van der Waals surface area contributed by atoms with Gasteiger partial charge in [-0.2, -0.15) is 0 Å². The molecule has 0 aromatic heterocycles. The van der Waals surface area contributed by atoms with Gasteiger partial charge in [0.1, 0.15) is 0 Å². The van der Waals surface area contributed by atoms with E-state index in [-0.39, 0.29) is 0 Å². The van der Waals surface area contributed by atoms with Gasteiger partial charge in [-0.1, -0.05) is 28.9 Å². The van der Waals surface area contributed by atoms with Crippen LogP contribution in [0.3, 0.4) is 0 Å². The van der Waals surface area contributed by atoms with Crippen LogP contribution in [0.1, 0.15) is 26.2 Å². The van der Waals surface area contributed by atoms with Crippen LogP contribution >= 0.6 is 15.9 Å². The summed E-state index contributed by atoms with van der Waals surface area (Å²) in [4.78, 5) is 0. The fourth-order valence-electron chi connectivity index (χ4n) is 2.26. The molecule has 0 nitrogen and oxygen atoms in total. The number of halogens is 1. The van der Waals surface area contributed by atoms with E-state index in [4.69, 9.17) is 0 Å². The number of hydrogen-bond donors (Lipinski definition) is 0. The van der Waals surface area contributed by atoms with E-state index in [0.717, 1.165) is 17.8 Å². The molecule has 0 aromatic carbocycles. The van der Waals surface area contributed by atoms with E-state index in [2.05, 4.69) is 28.9 Å². The van der Waals surface area contributed by atoms with Crippen LogP contribution in [0.5, 0.6) is 0 Å². The lowest BCUT2D eigenvalue weighted by Gasteiger charge is -2.23. The van der Waals surface area contributed by atoms with Gasteiger partial charge >= 0.3 is 0 Å². The van der Waals surface area contributed by atoms with Crippen molar-refractivity contribution in [2.45, 2.75) is 26.2 Å². The Morgan fingerprint density at radius 3 is 3.10 bits per heavy atom. The highest BCUT2D eigenvalue weighted by molar-refractivity contribution is 9.11. The lowest BCUT2D eigenvalue weighted by Crippen LogP contribution is -2.12. The highest BCUT2D eigenvalue weighted by Crippen LogP contribution is 2.45. The number of rotatable bonds is 0. The van der Waals surface area contributed by atoms with E-state index >= 15 is 0 Å². The molecule has 0 N–H and O–H groups in total. The van der Waals surface area contributed by atoms with Crippen LogP contribution in [-0.2, 0) is 0 Å². The summed E-state index contributed by atoms with van der Waals surface area (Å²) < 4.78 is 1.46. The second kappa shape index (κ2) is 2.37. The van der Waals surface area contributed by atoms with Crippen LogP contribution in [0.15, 0.2) is 10.6 Å². The molecule has 0 spiro atoms. The molecule has 2 rings (SSSR count). The third-order valence-electron chi connectivity index (χ3n) is 3.05. The SMILES string of the molecule is CC1C(Br)=CC2CCC1C2. The fraction of sp³-hybridized carbons (Fsp3) is 0.778. The quantitative estimate of drug-likeness (QED) is 0.563. The van der Waals surface area contributed by atoms with E-state index in [1.807, 2.05) is 0 Å². The van der Waals surface area contributed by atoms with Crippen molar-refractivity contribution in [3.8, 4) is 0 Å². The molecule has 56 valence electrons. The molecule has 10 heavy (non-hydrogen) atoms. The Labute approximate surface area is 70.8 Å². The molecular formula is C9H13Br. The van der Waals surface area contributed by atoms with Crippen LogP contribution in [-0.4, -0.2) is 0 Å². The second-order valence-corrected chi connectivity index (χ2v) is 4.59. The Balaban J connectivity index is 2.25. The fourth-order valence-corrected chi connectivity index (χ4v) is 3.01. The Kier molecular flexibility index (Phi) is 1.63. The molecule has 0 aliphatic heterocycles. The van der Waals surface area contributed by atoms with Crippen molar-refractivity contribution < 1.29 is 0 Å². The van der Waals surface area contributed by atoms with E-state index in [0.29, 0.717) is 0 Å². The molecule has 1 fully saturated rings. The summed E-state index contributed by atoms with van der Waals surface area (Å²) in [6.07, 6.45) is 6.77. The largest absolute Gasteiger partial charge is 0.0710 e. The molecule has 0 saturated heterocycles. The first-order chi connectivity index (χ1) is 4.77. The number of hydrogen-bond acceptors (Lipinski definition) is 0. The minimum atomic E-state index is 0.804. The summed E-state index contributed by atoms with van der Waals surface area (Å²) in [6, 6.07) is 0. The Hall–Kier alpha value is 0.220. The average Bonchev–Trinajstić information content (AvgIpc) is 2.29. The maximum absolute atomic E-state index is 3.64. The Morgan fingerprint density at radius 2 is 2.30 bits per heavy atom. The molecule has 0 aromatic rings. The molecule has 2 aliphatic rings. The van der Waals surface area contributed by atoms with Gasteiger partial charge in [0.25, 0.3) is 0 Å². The standard InChI is InChI=1S/C9H13Br/c1-6-8-3-2-7(4-8)5-9(6)10/h5-8H,2-4H2,1H3. The number of fused-ring (bicyclic) bond motifs is 2. The summed E-state index contributed by atoms with van der Waals surface area (Å²) in [5.41, 5.74) is 0. The van der Waals surface area contributed by atoms with Gasteiger partial charge < -0.3 is 0 Å². The smallest absolute Gasteiger partial charge is 0.00554 e. The molecule has 2 aliphatic carbocycles. The van der Waals surface area contributed by atoms with Gasteiger partial charge in [-0.15, -0.1) is 0 Å². The van der Waals surface area contributed by atoms with E-state index in [1.165, 1.54) is 23.7 Å². The van der Waals surface area contributed by atoms with Crippen LogP contribution in [0, 0.1) is 17.8 Å². The minimum Gasteiger partial charge on any atom is -0.0710 e. The minimum absolute atomic E-state index is 0.804. The maximum atomic E-state index is 3.64. The normalized spacial score (nSPS) is 45.4. The third kappa shape index (κ3) is 0.952. The van der Waals surface area contributed by atoms with Gasteiger partial charge in [0.15, 0.2) is 0 Å². The van der Waals surface area contributed by atoms with Crippen molar-refractivity contribution in [3.05, 3.63) is 10.6 Å². The average molecular weight is 201 g/mol. The van der Waals surface area contributed by atoms with Gasteiger partial charge in [0.2, 0.25) is 0 Å². The third-order valence-corrected chi connectivity index (χ3v) is 4.04. The molecule has 0 radical (unpaired) electrons. The molecular weight excluding hydrogens is 188 g/mol. The predicted octanol–water partition coefficient (Wildman–Crippen LogP) is 3.33. The van der Waals surface area contributed by atoms with E-state index < -0.39 is 0 Å². The van der Waals surface area contributed by atoms with Gasteiger partial charge in [0, 0.05) is 0 Å². The zero-order chi connectivity index (χ0) is 7.14. The van der Waals surface area contributed by atoms with Crippen molar-refractivity contribution in [2.75, 3.05) is 0 Å². The van der Waals surface area contributed by atoms with Crippen LogP contribution in [0.2, 0.25) is 0 Å². The zero-order valence-electron chi connectivity index (χ0n) is 6.31. The molecule has 1 saturated carbocycles. The first-order valence-electron chi connectivity index (χ1n) is 4.14. The lowest BCUT2D eigenvalue weighted by molar-refractivity contribution is 0.404. The molecule has 3 atom stereocenters. The van der Waals surface area contributed by atoms with Crippen molar-refractivity contribution >= 4 is 15.9 Å². The maximum Gasteiger partial charge on any atom is -0.00554 e. The molecule has 2 bridgehead atoms. The monoisotopic (exact) mass is 200 g/mol. The highest BCUT2D eigenvalue weighted by atomic mass is 79.9. The van der Waals surface area contributed by atoms with Gasteiger partial charge in [-0.3, -0.25) is 0 Å². The van der Waals surface area contributed by atoms with Crippen molar-refractivity contribution in [1.82, 2.24) is 0 Å². The lowest BCUT2D eigenvalue weighted by atomic mass is 9.87. The molecule has 0 amide bonds. The van der Waals surface area contributed by atoms with Crippen molar-refractivity contribution in [3.63, 3.8) is 0 Å². The van der Waals surface area contributed by atoms with E-state index in [9.17, 15) is 0 Å². The van der Waals surface area contributed by atoms with Crippen LogP contribution < -0.4 is 0 Å². The predicted molar refractivity (Wildman–Crippen MR) is 47.0 cm³/mol. The topological polar surface area (TPSA) is 0 Å². The van der Waals surface area contributed by atoms with E-state index in [1.54, 1.807) is 0 Å². The summed E-state index contributed by atoms with van der Waals surface area (Å²) in [5.74, 6) is 2.71. The summed E-state index contributed by atoms with van der Waals surface area (Å²) in [7, 11) is 0. The van der Waals surface area contributed by atoms with Crippen LogP contribution in [0.25, 0.3) is 0 Å². The van der Waals surface area contributed by atoms with Gasteiger partial charge in [0.05, 0.1) is 0 Å². The first-order valence-corrected chi connectivity index (χ1v) is 4.94. The van der Waals surface area contributed by atoms with Crippen LogP contribution in [0.4, 0.5) is 0 Å². The Morgan fingerprint density at radius 1 is 1.50 bits per heavy atom. The molecule has 3 unspecified atom stereocenters. The molecule has 0 heterocycles. The Bertz CT molecular complexity index is 172. The number of allylic oxidation sites excluding steroid dienone is 2. The van der Waals surface area contributed by atoms with Gasteiger partial charge in [-0.05, 0) is 41.5 Å². The summed E-state index contributed by atoms with van der Waals surface area (Å²) in [6.45, 7) is 2.34. The summed E-state index contributed by atoms with van der Waals surface area (Å²) in [5, 5.41) is 0. The second-order valence-electron chi connectivity index (χ2n) is 3.67. The van der Waals surface area contributed by atoms with Gasteiger partial charge in [-0.25, -0.2) is 0 Å². The molecule has 1 heteroatoms. The highest BCUT2D eigenvalue weighted by Gasteiger charge is 2.32. The summed E-state index contributed by atoms with van der Waals surface area (Å²) >= 11 is 3.64.